The highest BCUT2D eigenvalue weighted by Crippen LogP contribution is 2.30. The van der Waals surface area contributed by atoms with Crippen molar-refractivity contribution >= 4 is 16.8 Å². The molecule has 210 valence electrons. The molecule has 0 aliphatic carbocycles. The summed E-state index contributed by atoms with van der Waals surface area (Å²) in [5.41, 5.74) is 4.40. The molecule has 0 bridgehead atoms. The number of aryl methyl sites for hydroxylation is 1. The van der Waals surface area contributed by atoms with Gasteiger partial charge in [-0.15, -0.1) is 0 Å². The van der Waals surface area contributed by atoms with Gasteiger partial charge in [-0.05, 0) is 61.2 Å². The van der Waals surface area contributed by atoms with Gasteiger partial charge in [-0.25, -0.2) is 0 Å². The van der Waals surface area contributed by atoms with Gasteiger partial charge in [0.25, 0.3) is 0 Å². The summed E-state index contributed by atoms with van der Waals surface area (Å²) in [5, 5.41) is 4.41. The fraction of sp³-hybridized carbons (Fsp3) is 0.375. The van der Waals surface area contributed by atoms with Crippen molar-refractivity contribution < 1.29 is 19.0 Å². The van der Waals surface area contributed by atoms with E-state index >= 15 is 0 Å². The van der Waals surface area contributed by atoms with Gasteiger partial charge in [0, 0.05) is 54.9 Å². The lowest BCUT2D eigenvalue weighted by molar-refractivity contribution is -0.127. The number of aromatic amines is 1. The van der Waals surface area contributed by atoms with Crippen molar-refractivity contribution in [3.63, 3.8) is 0 Å². The van der Waals surface area contributed by atoms with Crippen LogP contribution in [0.5, 0.6) is 17.2 Å². The Morgan fingerprint density at radius 1 is 1.07 bits per heavy atom. The number of methoxy groups -OCH3 is 2. The van der Waals surface area contributed by atoms with Gasteiger partial charge < -0.3 is 24.5 Å². The van der Waals surface area contributed by atoms with Gasteiger partial charge in [-0.3, -0.25) is 14.7 Å². The minimum atomic E-state index is -0.124. The van der Waals surface area contributed by atoms with Gasteiger partial charge in [0.05, 0.1) is 32.9 Å². The molecule has 1 saturated heterocycles. The number of nitrogens with one attached hydrogen (secondary N) is 2. The fourth-order valence-corrected chi connectivity index (χ4v) is 5.54. The van der Waals surface area contributed by atoms with Crippen molar-refractivity contribution in [1.82, 2.24) is 20.2 Å². The van der Waals surface area contributed by atoms with E-state index in [1.165, 1.54) is 10.9 Å². The molecule has 4 aromatic rings. The summed E-state index contributed by atoms with van der Waals surface area (Å²) in [6.45, 7) is 5.33. The van der Waals surface area contributed by atoms with E-state index in [0.29, 0.717) is 37.7 Å². The maximum Gasteiger partial charge on any atom is 0.224 e. The first-order valence-electron chi connectivity index (χ1n) is 13.8. The van der Waals surface area contributed by atoms with Crippen LogP contribution in [-0.2, 0) is 17.8 Å². The number of hydrogen-bond donors (Lipinski definition) is 2. The van der Waals surface area contributed by atoms with Crippen LogP contribution in [0.1, 0.15) is 23.2 Å². The Morgan fingerprint density at radius 2 is 1.93 bits per heavy atom. The molecule has 0 unspecified atom stereocenters. The zero-order valence-electron chi connectivity index (χ0n) is 23.5. The lowest BCUT2D eigenvalue weighted by Crippen LogP contribution is -2.47. The van der Waals surface area contributed by atoms with Gasteiger partial charge >= 0.3 is 0 Å². The minimum Gasteiger partial charge on any atom is -0.493 e. The molecule has 1 fully saturated rings. The smallest absolute Gasteiger partial charge is 0.224 e. The number of nitrogens with zero attached hydrogens (tertiary/aromatic N) is 2. The monoisotopic (exact) mass is 542 g/mol. The Balaban J connectivity index is 1.24. The van der Waals surface area contributed by atoms with E-state index in [0.717, 1.165) is 41.9 Å². The Bertz CT molecular complexity index is 1420. The molecule has 8 nitrogen and oxygen atoms in total. The summed E-state index contributed by atoms with van der Waals surface area (Å²) in [6.07, 6.45) is 5.36. The number of fused-ring (bicyclic) bond motifs is 1. The third-order valence-electron chi connectivity index (χ3n) is 7.58. The van der Waals surface area contributed by atoms with Gasteiger partial charge in [0.2, 0.25) is 5.91 Å². The zero-order valence-corrected chi connectivity index (χ0v) is 23.5. The first kappa shape index (κ1) is 27.5. The van der Waals surface area contributed by atoms with Crippen molar-refractivity contribution in [3.05, 3.63) is 83.8 Å². The SMILES string of the molecule is COc1ccc(CN2C[C@@H](COc3ccc(C)nc3)C[C@@H](C(=O)NCCc3c[nH]c4ccccc34)C2)cc1OC. The van der Waals surface area contributed by atoms with E-state index in [4.69, 9.17) is 14.2 Å². The Labute approximate surface area is 235 Å². The summed E-state index contributed by atoms with van der Waals surface area (Å²) < 4.78 is 17.0. The molecular weight excluding hydrogens is 504 g/mol. The lowest BCUT2D eigenvalue weighted by Gasteiger charge is -2.37. The van der Waals surface area contributed by atoms with E-state index in [2.05, 4.69) is 38.4 Å². The summed E-state index contributed by atoms with van der Waals surface area (Å²) in [7, 11) is 3.28. The average Bonchev–Trinajstić information content (AvgIpc) is 3.39. The van der Waals surface area contributed by atoms with Crippen molar-refractivity contribution in [3.8, 4) is 17.2 Å². The van der Waals surface area contributed by atoms with Crippen molar-refractivity contribution in [2.45, 2.75) is 26.3 Å². The molecule has 2 aromatic heterocycles. The van der Waals surface area contributed by atoms with Crippen LogP contribution in [0.15, 0.2) is 67.0 Å². The van der Waals surface area contributed by atoms with Gasteiger partial charge in [-0.1, -0.05) is 24.3 Å². The van der Waals surface area contributed by atoms with Crippen LogP contribution in [0.2, 0.25) is 0 Å². The molecule has 2 atom stereocenters. The number of para-hydroxylation sites is 1. The number of pyridine rings is 1. The molecule has 0 spiro atoms. The quantitative estimate of drug-likeness (QED) is 0.284. The van der Waals surface area contributed by atoms with E-state index in [1.807, 2.05) is 49.5 Å². The number of rotatable bonds is 11. The molecular formula is C32H38N4O4. The average molecular weight is 543 g/mol. The molecule has 0 radical (unpaired) electrons. The second-order valence-corrected chi connectivity index (χ2v) is 10.5. The van der Waals surface area contributed by atoms with E-state index < -0.39 is 0 Å². The van der Waals surface area contributed by atoms with Crippen molar-refractivity contribution in [2.24, 2.45) is 11.8 Å². The zero-order chi connectivity index (χ0) is 27.9. The number of ether oxygens (including phenoxy) is 3. The van der Waals surface area contributed by atoms with Crippen molar-refractivity contribution in [2.75, 3.05) is 40.5 Å². The first-order chi connectivity index (χ1) is 19.5. The second-order valence-electron chi connectivity index (χ2n) is 10.5. The highest BCUT2D eigenvalue weighted by atomic mass is 16.5. The number of carbonyl (C=O) groups excluding carboxylic acids is 1. The van der Waals surface area contributed by atoms with Crippen LogP contribution in [0, 0.1) is 18.8 Å². The summed E-state index contributed by atoms with van der Waals surface area (Å²) in [4.78, 5) is 23.4. The Morgan fingerprint density at radius 3 is 2.73 bits per heavy atom. The first-order valence-corrected chi connectivity index (χ1v) is 13.8. The number of H-pyrrole nitrogens is 1. The lowest BCUT2D eigenvalue weighted by atomic mass is 9.88. The summed E-state index contributed by atoms with van der Waals surface area (Å²) in [5.74, 6) is 2.34. The number of amides is 1. The molecule has 1 amide bonds. The Kier molecular flexibility index (Phi) is 8.86. The number of benzene rings is 2. The highest BCUT2D eigenvalue weighted by molar-refractivity contribution is 5.83. The van der Waals surface area contributed by atoms with Crippen LogP contribution in [-0.4, -0.2) is 61.2 Å². The van der Waals surface area contributed by atoms with E-state index in [9.17, 15) is 4.79 Å². The molecule has 1 aliphatic heterocycles. The molecule has 0 saturated carbocycles. The van der Waals surface area contributed by atoms with Crippen molar-refractivity contribution in [1.29, 1.82) is 0 Å². The molecule has 40 heavy (non-hydrogen) atoms. The van der Waals surface area contributed by atoms with Crippen LogP contribution >= 0.6 is 0 Å². The summed E-state index contributed by atoms with van der Waals surface area (Å²) >= 11 is 0. The highest BCUT2D eigenvalue weighted by Gasteiger charge is 2.32. The standard InChI is InChI=1S/C32H38N4O4/c1-22-8-10-27(17-34-22)40-21-24-14-26(20-36(19-24)18-23-9-11-30(38-2)31(15-23)39-3)32(37)33-13-12-25-16-35-29-7-5-4-6-28(25)29/h4-11,15-17,24,26,35H,12-14,18-21H2,1-3H3,(H,33,37)/t24-,26+/m0/s1. The predicted octanol–water partition coefficient (Wildman–Crippen LogP) is 4.76. The number of piperidine rings is 1. The summed E-state index contributed by atoms with van der Waals surface area (Å²) in [6, 6.07) is 18.1. The maximum atomic E-state index is 13.4. The van der Waals surface area contributed by atoms with Gasteiger partial charge in [0.15, 0.2) is 11.5 Å². The molecule has 5 rings (SSSR count). The van der Waals surface area contributed by atoms with Crippen LogP contribution < -0.4 is 19.5 Å². The molecule has 2 N–H and O–H groups in total. The molecule has 3 heterocycles. The number of aromatic nitrogens is 2. The molecule has 2 aromatic carbocycles. The number of hydrogen-bond acceptors (Lipinski definition) is 6. The predicted molar refractivity (Wildman–Crippen MR) is 156 cm³/mol. The Hall–Kier alpha value is -4.04. The molecule has 8 heteroatoms. The van der Waals surface area contributed by atoms with Crippen LogP contribution in [0.4, 0.5) is 0 Å². The largest absolute Gasteiger partial charge is 0.493 e. The topological polar surface area (TPSA) is 88.7 Å². The third kappa shape index (κ3) is 6.74. The van der Waals surface area contributed by atoms with Crippen LogP contribution in [0.25, 0.3) is 10.9 Å². The molecule has 1 aliphatic rings. The second kappa shape index (κ2) is 12.9. The third-order valence-corrected chi connectivity index (χ3v) is 7.58. The van der Waals surface area contributed by atoms with Gasteiger partial charge in [0.1, 0.15) is 5.75 Å². The van der Waals surface area contributed by atoms with E-state index in [1.54, 1.807) is 20.4 Å². The van der Waals surface area contributed by atoms with Gasteiger partial charge in [-0.2, -0.15) is 0 Å². The normalized spacial score (nSPS) is 17.5. The minimum absolute atomic E-state index is 0.0962. The number of carbonyl (C=O) groups is 1. The van der Waals surface area contributed by atoms with E-state index in [-0.39, 0.29) is 17.7 Å². The maximum absolute atomic E-state index is 13.4. The van der Waals surface area contributed by atoms with Crippen LogP contribution in [0.3, 0.4) is 0 Å². The number of likely N-dealkylation sites (tertiary alicyclic amines) is 1. The fourth-order valence-electron chi connectivity index (χ4n) is 5.54.